The Hall–Kier alpha value is -0.300. The summed E-state index contributed by atoms with van der Waals surface area (Å²) in [5.41, 5.74) is 5.19. The molecule has 0 aromatic heterocycles. The highest BCUT2D eigenvalue weighted by Gasteiger charge is 2.25. The lowest BCUT2D eigenvalue weighted by molar-refractivity contribution is 0.307. The van der Waals surface area contributed by atoms with Gasteiger partial charge in [0.15, 0.2) is 0 Å². The van der Waals surface area contributed by atoms with E-state index in [1.54, 1.807) is 11.1 Å². The first-order chi connectivity index (χ1) is 8.23. The standard InChI is InChI=1S/C16H23Br/c1-3-16(4-2,12-17)11-13-8-9-14-6-5-7-15(14)10-13/h8-10H,3-7,11-12H2,1-2H3. The zero-order chi connectivity index (χ0) is 12.3. The molecule has 1 aromatic rings. The molecule has 0 amide bonds. The maximum absolute atomic E-state index is 3.71. The Bertz CT molecular complexity index is 369. The third-order valence-corrected chi connectivity index (χ3v) is 5.72. The van der Waals surface area contributed by atoms with Gasteiger partial charge in [0.25, 0.3) is 0 Å². The average molecular weight is 295 g/mol. The fraction of sp³-hybridized carbons (Fsp3) is 0.625. The summed E-state index contributed by atoms with van der Waals surface area (Å²) in [7, 11) is 0. The maximum Gasteiger partial charge on any atom is 0.00909 e. The molecule has 0 saturated carbocycles. The summed E-state index contributed by atoms with van der Waals surface area (Å²) in [4.78, 5) is 0. The first kappa shape index (κ1) is 13.1. The molecule has 2 rings (SSSR count). The van der Waals surface area contributed by atoms with E-state index in [1.165, 1.54) is 44.1 Å². The Morgan fingerprint density at radius 1 is 1.12 bits per heavy atom. The van der Waals surface area contributed by atoms with Gasteiger partial charge in [-0.2, -0.15) is 0 Å². The van der Waals surface area contributed by atoms with Crippen LogP contribution in [0.2, 0.25) is 0 Å². The Labute approximate surface area is 114 Å². The number of hydrogen-bond acceptors (Lipinski definition) is 0. The van der Waals surface area contributed by atoms with E-state index in [1.807, 2.05) is 0 Å². The molecule has 0 fully saturated rings. The Balaban J connectivity index is 2.18. The molecule has 1 aromatic carbocycles. The highest BCUT2D eigenvalue weighted by Crippen LogP contribution is 2.34. The van der Waals surface area contributed by atoms with E-state index in [9.17, 15) is 0 Å². The zero-order valence-electron chi connectivity index (χ0n) is 11.1. The van der Waals surface area contributed by atoms with Crippen molar-refractivity contribution in [2.24, 2.45) is 5.41 Å². The van der Waals surface area contributed by atoms with Crippen LogP contribution in [0.5, 0.6) is 0 Å². The number of benzene rings is 1. The Morgan fingerprint density at radius 3 is 2.47 bits per heavy atom. The molecule has 1 aliphatic rings. The second-order valence-corrected chi connectivity index (χ2v) is 6.03. The van der Waals surface area contributed by atoms with Crippen molar-refractivity contribution in [1.82, 2.24) is 0 Å². The van der Waals surface area contributed by atoms with Gasteiger partial charge >= 0.3 is 0 Å². The Morgan fingerprint density at radius 2 is 1.82 bits per heavy atom. The summed E-state index contributed by atoms with van der Waals surface area (Å²) in [6.07, 6.45) is 7.67. The smallest absolute Gasteiger partial charge is 0.00909 e. The summed E-state index contributed by atoms with van der Waals surface area (Å²) in [6, 6.07) is 7.18. The lowest BCUT2D eigenvalue weighted by Gasteiger charge is -2.29. The number of rotatable bonds is 5. The summed E-state index contributed by atoms with van der Waals surface area (Å²) in [5, 5.41) is 1.12. The fourth-order valence-corrected chi connectivity index (χ4v) is 3.90. The van der Waals surface area contributed by atoms with Crippen molar-refractivity contribution in [2.45, 2.75) is 52.4 Å². The van der Waals surface area contributed by atoms with Gasteiger partial charge < -0.3 is 0 Å². The summed E-state index contributed by atoms with van der Waals surface area (Å²) < 4.78 is 0. The monoisotopic (exact) mass is 294 g/mol. The minimum atomic E-state index is 0.451. The predicted octanol–water partition coefficient (Wildman–Crippen LogP) is 4.92. The van der Waals surface area contributed by atoms with E-state index < -0.39 is 0 Å². The SMILES string of the molecule is CCC(CC)(CBr)Cc1ccc2c(c1)CCC2. The quantitative estimate of drug-likeness (QED) is 0.676. The van der Waals surface area contributed by atoms with Gasteiger partial charge in [-0.15, -0.1) is 0 Å². The van der Waals surface area contributed by atoms with E-state index in [-0.39, 0.29) is 0 Å². The first-order valence-corrected chi connectivity index (χ1v) is 8.02. The van der Waals surface area contributed by atoms with Gasteiger partial charge in [-0.3, -0.25) is 0 Å². The van der Waals surface area contributed by atoms with E-state index in [0.29, 0.717) is 5.41 Å². The Kier molecular flexibility index (Phi) is 4.30. The van der Waals surface area contributed by atoms with Crippen LogP contribution in [0.25, 0.3) is 0 Å². The van der Waals surface area contributed by atoms with Gasteiger partial charge in [-0.25, -0.2) is 0 Å². The molecule has 1 aliphatic carbocycles. The van der Waals surface area contributed by atoms with Crippen molar-refractivity contribution < 1.29 is 0 Å². The molecule has 1 heteroatoms. The van der Waals surface area contributed by atoms with Crippen LogP contribution in [-0.4, -0.2) is 5.33 Å². The van der Waals surface area contributed by atoms with Crippen LogP contribution in [0.15, 0.2) is 18.2 Å². The van der Waals surface area contributed by atoms with Crippen LogP contribution >= 0.6 is 15.9 Å². The molecule has 0 atom stereocenters. The number of hydrogen-bond donors (Lipinski definition) is 0. The van der Waals surface area contributed by atoms with Crippen molar-refractivity contribution in [3.63, 3.8) is 0 Å². The minimum Gasteiger partial charge on any atom is -0.0922 e. The summed E-state index contributed by atoms with van der Waals surface area (Å²) in [5.74, 6) is 0. The lowest BCUT2D eigenvalue weighted by atomic mass is 9.78. The normalized spacial score (nSPS) is 15.0. The second-order valence-electron chi connectivity index (χ2n) is 5.47. The molecule has 94 valence electrons. The van der Waals surface area contributed by atoms with E-state index in [2.05, 4.69) is 48.0 Å². The molecule has 17 heavy (non-hydrogen) atoms. The second kappa shape index (κ2) is 5.56. The zero-order valence-corrected chi connectivity index (χ0v) is 12.6. The van der Waals surface area contributed by atoms with Crippen molar-refractivity contribution in [3.8, 4) is 0 Å². The molecular formula is C16H23Br. The highest BCUT2D eigenvalue weighted by atomic mass is 79.9. The van der Waals surface area contributed by atoms with E-state index in [0.717, 1.165) is 5.33 Å². The molecule has 0 heterocycles. The van der Waals surface area contributed by atoms with Crippen molar-refractivity contribution >= 4 is 15.9 Å². The minimum absolute atomic E-state index is 0.451. The van der Waals surface area contributed by atoms with E-state index >= 15 is 0 Å². The third-order valence-electron chi connectivity index (χ3n) is 4.53. The maximum atomic E-state index is 3.71. The number of fused-ring (bicyclic) bond motifs is 1. The molecule has 0 saturated heterocycles. The van der Waals surface area contributed by atoms with Crippen molar-refractivity contribution in [3.05, 3.63) is 34.9 Å². The summed E-state index contributed by atoms with van der Waals surface area (Å²) >= 11 is 3.71. The van der Waals surface area contributed by atoms with Gasteiger partial charge in [-0.1, -0.05) is 48.0 Å². The summed E-state index contributed by atoms with van der Waals surface area (Å²) in [6.45, 7) is 4.64. The molecule has 0 radical (unpaired) electrons. The van der Waals surface area contributed by atoms with Crippen LogP contribution in [0.3, 0.4) is 0 Å². The molecule has 0 bridgehead atoms. The average Bonchev–Trinajstić information content (AvgIpc) is 2.83. The predicted molar refractivity (Wildman–Crippen MR) is 79.0 cm³/mol. The van der Waals surface area contributed by atoms with Crippen molar-refractivity contribution in [1.29, 1.82) is 0 Å². The number of alkyl halides is 1. The van der Waals surface area contributed by atoms with Crippen LogP contribution in [0.4, 0.5) is 0 Å². The highest BCUT2D eigenvalue weighted by molar-refractivity contribution is 9.09. The fourth-order valence-electron chi connectivity index (χ4n) is 2.90. The van der Waals surface area contributed by atoms with Crippen LogP contribution in [0, 0.1) is 5.41 Å². The molecule has 0 aliphatic heterocycles. The number of aryl methyl sites for hydroxylation is 2. The molecular weight excluding hydrogens is 272 g/mol. The topological polar surface area (TPSA) is 0 Å². The van der Waals surface area contributed by atoms with Crippen LogP contribution < -0.4 is 0 Å². The molecule has 0 N–H and O–H groups in total. The van der Waals surface area contributed by atoms with Gasteiger partial charge in [0.1, 0.15) is 0 Å². The van der Waals surface area contributed by atoms with Gasteiger partial charge in [0, 0.05) is 5.33 Å². The molecule has 0 nitrogen and oxygen atoms in total. The van der Waals surface area contributed by atoms with Gasteiger partial charge in [-0.05, 0) is 60.6 Å². The third kappa shape index (κ3) is 2.76. The largest absolute Gasteiger partial charge is 0.0922 e. The lowest BCUT2D eigenvalue weighted by Crippen LogP contribution is -2.23. The van der Waals surface area contributed by atoms with Crippen molar-refractivity contribution in [2.75, 3.05) is 5.33 Å². The van der Waals surface area contributed by atoms with E-state index in [4.69, 9.17) is 0 Å². The van der Waals surface area contributed by atoms with Gasteiger partial charge in [0.05, 0.1) is 0 Å². The molecule has 0 spiro atoms. The van der Waals surface area contributed by atoms with Gasteiger partial charge in [0.2, 0.25) is 0 Å². The van der Waals surface area contributed by atoms with Crippen LogP contribution in [-0.2, 0) is 19.3 Å². The number of halogens is 1. The first-order valence-electron chi connectivity index (χ1n) is 6.89. The van der Waals surface area contributed by atoms with Crippen LogP contribution in [0.1, 0.15) is 49.8 Å². The molecule has 0 unspecified atom stereocenters.